The van der Waals surface area contributed by atoms with E-state index in [0.717, 1.165) is 0 Å². The number of carbonyl (C=O) groups is 1. The van der Waals surface area contributed by atoms with Crippen molar-refractivity contribution in [2.75, 3.05) is 18.9 Å². The number of nitrogens with zero attached hydrogens (tertiary/aromatic N) is 4. The first kappa shape index (κ1) is 20.5. The maximum Gasteiger partial charge on any atom is 0.410 e. The summed E-state index contributed by atoms with van der Waals surface area (Å²) in [6.45, 7) is 16.5. The van der Waals surface area contributed by atoms with Crippen LogP contribution in [0.3, 0.4) is 0 Å². The molecule has 0 radical (unpaired) electrons. The number of carbonyl (C=O) groups excluding carboxylic acids is 1. The van der Waals surface area contributed by atoms with Crippen LogP contribution in [0.1, 0.15) is 47.1 Å². The Bertz CT molecular complexity index is 726. The van der Waals surface area contributed by atoms with E-state index in [2.05, 4.69) is 31.2 Å². The van der Waals surface area contributed by atoms with Crippen LogP contribution in [-0.4, -0.2) is 56.7 Å². The molecule has 0 unspecified atom stereocenters. The predicted octanol–water partition coefficient (Wildman–Crippen LogP) is 3.56. The van der Waals surface area contributed by atoms with Crippen LogP contribution in [0.15, 0.2) is 4.60 Å². The van der Waals surface area contributed by atoms with E-state index in [-0.39, 0.29) is 6.04 Å². The number of halogens is 1. The maximum absolute atomic E-state index is 12.7. The minimum atomic E-state index is -1.10. The van der Waals surface area contributed by atoms with Crippen LogP contribution in [0.2, 0.25) is 0 Å². The second-order valence-electron chi connectivity index (χ2n) is 7.99. The molecule has 0 aliphatic carbocycles. The lowest BCUT2D eigenvalue weighted by atomic mass is 9.96. The highest BCUT2D eigenvalue weighted by molar-refractivity contribution is 9.10. The zero-order valence-electron chi connectivity index (χ0n) is 16.0. The van der Waals surface area contributed by atoms with Gasteiger partial charge >= 0.3 is 6.09 Å². The van der Waals surface area contributed by atoms with Gasteiger partial charge in [-0.3, -0.25) is 4.68 Å². The van der Waals surface area contributed by atoms with E-state index in [4.69, 9.17) is 11.3 Å². The standard InChI is InChI=1S/C17H26BrN5O3/c1-16(2,3)26-15(24)22-9-10(8-11(22)17(4,5)25)23-14(20-7)12(19-6)13(18)21-23/h10-11,20,25H,8-9H2,1-5,7H3/t10-,11+/m0/s1. The quantitative estimate of drug-likeness (QED) is 0.720. The number of anilines is 1. The van der Waals surface area contributed by atoms with Crippen molar-refractivity contribution in [3.8, 4) is 0 Å². The van der Waals surface area contributed by atoms with Gasteiger partial charge < -0.3 is 20.1 Å². The molecule has 144 valence electrons. The van der Waals surface area contributed by atoms with Crippen molar-refractivity contribution in [3.05, 3.63) is 16.0 Å². The molecule has 1 saturated heterocycles. The Morgan fingerprint density at radius 2 is 2.04 bits per heavy atom. The Balaban J connectivity index is 2.37. The molecule has 2 atom stereocenters. The number of hydrogen-bond acceptors (Lipinski definition) is 5. The molecule has 1 aliphatic rings. The van der Waals surface area contributed by atoms with E-state index in [0.29, 0.717) is 29.1 Å². The molecule has 2 heterocycles. The van der Waals surface area contributed by atoms with E-state index in [1.807, 2.05) is 20.8 Å². The Kier molecular flexibility index (Phi) is 5.59. The van der Waals surface area contributed by atoms with Crippen LogP contribution in [0.5, 0.6) is 0 Å². The fourth-order valence-corrected chi connectivity index (χ4v) is 3.62. The van der Waals surface area contributed by atoms with Gasteiger partial charge in [-0.2, -0.15) is 5.10 Å². The lowest BCUT2D eigenvalue weighted by molar-refractivity contribution is -0.0240. The lowest BCUT2D eigenvalue weighted by Gasteiger charge is -2.34. The fraction of sp³-hybridized carbons (Fsp3) is 0.706. The summed E-state index contributed by atoms with van der Waals surface area (Å²) in [4.78, 5) is 17.7. The topological polar surface area (TPSA) is 84.0 Å². The van der Waals surface area contributed by atoms with Gasteiger partial charge in [-0.05, 0) is 57.0 Å². The third-order valence-corrected chi connectivity index (χ3v) is 4.80. The van der Waals surface area contributed by atoms with Gasteiger partial charge in [0.05, 0.1) is 24.3 Å². The summed E-state index contributed by atoms with van der Waals surface area (Å²) in [5, 5.41) is 18.0. The summed E-state index contributed by atoms with van der Waals surface area (Å²) in [5.74, 6) is 0.581. The first-order valence-electron chi connectivity index (χ1n) is 8.44. The molecule has 26 heavy (non-hydrogen) atoms. The number of ether oxygens (including phenoxy) is 1. The Hall–Kier alpha value is -1.79. The van der Waals surface area contributed by atoms with Gasteiger partial charge in [-0.15, -0.1) is 0 Å². The molecule has 1 aliphatic heterocycles. The number of amides is 1. The summed E-state index contributed by atoms with van der Waals surface area (Å²) < 4.78 is 7.67. The van der Waals surface area contributed by atoms with Crippen LogP contribution in [0, 0.1) is 6.57 Å². The smallest absolute Gasteiger partial charge is 0.410 e. The van der Waals surface area contributed by atoms with Gasteiger partial charge in [0.25, 0.3) is 5.69 Å². The normalized spacial score (nSPS) is 20.8. The minimum absolute atomic E-state index is 0.187. The zero-order chi connectivity index (χ0) is 19.9. The Morgan fingerprint density at radius 1 is 1.42 bits per heavy atom. The van der Waals surface area contributed by atoms with Crippen molar-refractivity contribution in [2.24, 2.45) is 0 Å². The van der Waals surface area contributed by atoms with Crippen molar-refractivity contribution in [1.82, 2.24) is 14.7 Å². The van der Waals surface area contributed by atoms with E-state index in [1.165, 1.54) is 0 Å². The van der Waals surface area contributed by atoms with E-state index < -0.39 is 23.3 Å². The van der Waals surface area contributed by atoms with E-state index in [9.17, 15) is 9.90 Å². The first-order chi connectivity index (χ1) is 11.9. The van der Waals surface area contributed by atoms with Gasteiger partial charge in [-0.25, -0.2) is 9.64 Å². The molecular weight excluding hydrogens is 402 g/mol. The molecule has 8 nitrogen and oxygen atoms in total. The fourth-order valence-electron chi connectivity index (χ4n) is 3.18. The molecule has 1 aromatic heterocycles. The molecule has 1 aromatic rings. The third kappa shape index (κ3) is 4.13. The van der Waals surface area contributed by atoms with Crippen molar-refractivity contribution in [2.45, 2.75) is 64.3 Å². The summed E-state index contributed by atoms with van der Waals surface area (Å²) in [6, 6.07) is -0.611. The monoisotopic (exact) mass is 427 g/mol. The van der Waals surface area contributed by atoms with Gasteiger partial charge in [0.15, 0.2) is 0 Å². The number of aromatic nitrogens is 2. The molecule has 0 spiro atoms. The van der Waals surface area contributed by atoms with Crippen LogP contribution >= 0.6 is 15.9 Å². The first-order valence-corrected chi connectivity index (χ1v) is 9.23. The SMILES string of the molecule is [C-]#[N+]c1c(Br)nn([C@H]2C[C@H](C(C)(C)O)N(C(=O)OC(C)(C)C)C2)c1NC. The molecule has 2 rings (SSSR count). The van der Waals surface area contributed by atoms with Crippen molar-refractivity contribution < 1.29 is 14.6 Å². The molecule has 0 bridgehead atoms. The second kappa shape index (κ2) is 7.08. The Labute approximate surface area is 162 Å². The van der Waals surface area contributed by atoms with Crippen LogP contribution in [-0.2, 0) is 4.74 Å². The van der Waals surface area contributed by atoms with Gasteiger partial charge in [-0.1, -0.05) is 0 Å². The van der Waals surface area contributed by atoms with Gasteiger partial charge in [0.2, 0.25) is 0 Å². The second-order valence-corrected chi connectivity index (χ2v) is 8.74. The average molecular weight is 428 g/mol. The molecule has 0 aromatic carbocycles. The van der Waals surface area contributed by atoms with Gasteiger partial charge in [0, 0.05) is 13.6 Å². The molecule has 9 heteroatoms. The third-order valence-electron chi connectivity index (χ3n) is 4.26. The summed E-state index contributed by atoms with van der Waals surface area (Å²) >= 11 is 3.31. The number of nitrogens with one attached hydrogen (secondary N) is 1. The average Bonchev–Trinajstić information content (AvgIpc) is 3.05. The number of hydrogen-bond donors (Lipinski definition) is 2. The summed E-state index contributed by atoms with van der Waals surface area (Å²) in [7, 11) is 1.72. The summed E-state index contributed by atoms with van der Waals surface area (Å²) in [6.07, 6.45) is 0.0398. The molecular formula is C17H26BrN5O3. The predicted molar refractivity (Wildman–Crippen MR) is 102 cm³/mol. The van der Waals surface area contributed by atoms with Gasteiger partial charge in [0.1, 0.15) is 16.0 Å². The number of aliphatic hydroxyl groups is 1. The molecule has 2 N–H and O–H groups in total. The summed E-state index contributed by atoms with van der Waals surface area (Å²) in [5.41, 5.74) is -1.33. The molecule has 1 fully saturated rings. The maximum atomic E-state index is 12.7. The van der Waals surface area contributed by atoms with E-state index in [1.54, 1.807) is 30.5 Å². The van der Waals surface area contributed by atoms with E-state index >= 15 is 0 Å². The highest BCUT2D eigenvalue weighted by Crippen LogP contribution is 2.40. The van der Waals surface area contributed by atoms with Crippen LogP contribution in [0.4, 0.5) is 16.3 Å². The van der Waals surface area contributed by atoms with Crippen LogP contribution < -0.4 is 5.32 Å². The minimum Gasteiger partial charge on any atom is -0.444 e. The Morgan fingerprint density at radius 3 is 2.50 bits per heavy atom. The number of likely N-dealkylation sites (tertiary alicyclic amines) is 1. The van der Waals surface area contributed by atoms with Crippen molar-refractivity contribution in [3.63, 3.8) is 0 Å². The number of rotatable bonds is 3. The highest BCUT2D eigenvalue weighted by atomic mass is 79.9. The lowest BCUT2D eigenvalue weighted by Crippen LogP contribution is -2.49. The largest absolute Gasteiger partial charge is 0.444 e. The van der Waals surface area contributed by atoms with Crippen molar-refractivity contribution in [1.29, 1.82) is 0 Å². The van der Waals surface area contributed by atoms with Crippen molar-refractivity contribution >= 4 is 33.5 Å². The van der Waals surface area contributed by atoms with Crippen LogP contribution in [0.25, 0.3) is 4.85 Å². The zero-order valence-corrected chi connectivity index (χ0v) is 17.6. The highest BCUT2D eigenvalue weighted by Gasteiger charge is 2.46. The molecule has 1 amide bonds. The molecule has 0 saturated carbocycles.